The Hall–Kier alpha value is -1.41. The van der Waals surface area contributed by atoms with Crippen molar-refractivity contribution in [2.24, 2.45) is 30.2 Å². The summed E-state index contributed by atoms with van der Waals surface area (Å²) in [5, 5.41) is 0.110. The molecule has 0 spiro atoms. The molecule has 160 valence electrons. The number of sulfonamides is 1. The number of rotatable bonds is 3. The van der Waals surface area contributed by atoms with Gasteiger partial charge >= 0.3 is 0 Å². The molecule has 1 aliphatic heterocycles. The van der Waals surface area contributed by atoms with Crippen molar-refractivity contribution in [1.82, 2.24) is 18.8 Å². The molecule has 29 heavy (non-hydrogen) atoms. The van der Waals surface area contributed by atoms with Gasteiger partial charge in [-0.15, -0.1) is 0 Å². The Kier molecular flexibility index (Phi) is 4.59. The van der Waals surface area contributed by atoms with Gasteiger partial charge in [-0.2, -0.15) is 4.31 Å². The maximum atomic E-state index is 13.6. The summed E-state index contributed by atoms with van der Waals surface area (Å²) in [6, 6.07) is 0. The van der Waals surface area contributed by atoms with Gasteiger partial charge < -0.3 is 9.47 Å². The lowest BCUT2D eigenvalue weighted by Gasteiger charge is -2.56. The highest BCUT2D eigenvalue weighted by atomic mass is 32.2. The highest BCUT2D eigenvalue weighted by molar-refractivity contribution is 7.89. The van der Waals surface area contributed by atoms with Gasteiger partial charge in [0.2, 0.25) is 5.91 Å². The predicted molar refractivity (Wildman–Crippen MR) is 109 cm³/mol. The van der Waals surface area contributed by atoms with E-state index in [0.717, 1.165) is 37.0 Å². The van der Waals surface area contributed by atoms with Gasteiger partial charge in [0, 0.05) is 39.4 Å². The number of carbonyl (C=O) groups excluding carboxylic acids is 1. The first-order valence-corrected chi connectivity index (χ1v) is 12.5. The van der Waals surface area contributed by atoms with Crippen LogP contribution < -0.4 is 0 Å². The summed E-state index contributed by atoms with van der Waals surface area (Å²) in [5.74, 6) is 3.20. The standard InChI is InChI=1S/C21H32N4O3S/c1-15-22-19(14-23(15)2)29(27,28)25-5-3-4-24(6-7-25)20(26)21-11-16-8-17(12-21)10-18(9-16)13-21/h14,16-18H,3-13H2,1-2H3. The summed E-state index contributed by atoms with van der Waals surface area (Å²) in [7, 11) is -1.82. The number of hydrogen-bond acceptors (Lipinski definition) is 4. The van der Waals surface area contributed by atoms with E-state index in [9.17, 15) is 13.2 Å². The van der Waals surface area contributed by atoms with E-state index in [1.165, 1.54) is 23.6 Å². The van der Waals surface area contributed by atoms with E-state index >= 15 is 0 Å². The molecule has 8 heteroatoms. The SMILES string of the molecule is Cc1nc(S(=O)(=O)N2CCCN(C(=O)C34CC5CC(CC(C5)C3)C4)CC2)cn1C. The molecule has 2 heterocycles. The van der Waals surface area contributed by atoms with Crippen LogP contribution in [0.1, 0.15) is 50.8 Å². The van der Waals surface area contributed by atoms with Crippen LogP contribution in [0.25, 0.3) is 0 Å². The molecule has 0 aromatic carbocycles. The van der Waals surface area contributed by atoms with Crippen molar-refractivity contribution in [2.75, 3.05) is 26.2 Å². The van der Waals surface area contributed by atoms with Crippen LogP contribution in [0.2, 0.25) is 0 Å². The lowest BCUT2D eigenvalue weighted by molar-refractivity contribution is -0.157. The molecule has 0 atom stereocenters. The number of hydrogen-bond donors (Lipinski definition) is 0. The van der Waals surface area contributed by atoms with Crippen LogP contribution in [0.3, 0.4) is 0 Å². The second kappa shape index (κ2) is 6.80. The first-order chi connectivity index (χ1) is 13.8. The summed E-state index contributed by atoms with van der Waals surface area (Å²) in [6.07, 6.45) is 9.40. The molecule has 5 aliphatic rings. The number of aromatic nitrogens is 2. The molecule has 4 saturated carbocycles. The summed E-state index contributed by atoms with van der Waals surface area (Å²) < 4.78 is 29.3. The largest absolute Gasteiger partial charge is 0.341 e. The fourth-order valence-electron chi connectivity index (χ4n) is 6.83. The van der Waals surface area contributed by atoms with Crippen LogP contribution in [-0.2, 0) is 21.9 Å². The molecule has 5 fully saturated rings. The van der Waals surface area contributed by atoms with Crippen molar-refractivity contribution in [3.05, 3.63) is 12.0 Å². The minimum atomic E-state index is -3.62. The van der Waals surface area contributed by atoms with Gasteiger partial charge in [0.1, 0.15) is 5.82 Å². The third kappa shape index (κ3) is 3.23. The molecular weight excluding hydrogens is 388 g/mol. The smallest absolute Gasteiger partial charge is 0.262 e. The number of imidazole rings is 1. The highest BCUT2D eigenvalue weighted by Gasteiger charge is 2.55. The van der Waals surface area contributed by atoms with Crippen LogP contribution >= 0.6 is 0 Å². The molecule has 0 N–H and O–H groups in total. The molecule has 6 rings (SSSR count). The lowest BCUT2D eigenvalue weighted by atomic mass is 9.49. The summed E-state index contributed by atoms with van der Waals surface area (Å²) in [4.78, 5) is 19.8. The van der Waals surface area contributed by atoms with E-state index in [-0.39, 0.29) is 10.4 Å². The summed E-state index contributed by atoms with van der Waals surface area (Å²) >= 11 is 0. The molecule has 4 aliphatic carbocycles. The maximum absolute atomic E-state index is 13.6. The first-order valence-electron chi connectivity index (χ1n) is 11.1. The third-order valence-corrected chi connectivity index (χ3v) is 9.69. The van der Waals surface area contributed by atoms with E-state index in [0.29, 0.717) is 44.3 Å². The second-order valence-electron chi connectivity index (χ2n) is 9.98. The summed E-state index contributed by atoms with van der Waals surface area (Å²) in [5.41, 5.74) is -0.152. The molecule has 4 bridgehead atoms. The Labute approximate surface area is 173 Å². The van der Waals surface area contributed by atoms with Gasteiger partial charge in [-0.1, -0.05) is 0 Å². The van der Waals surface area contributed by atoms with Crippen LogP contribution in [-0.4, -0.2) is 59.3 Å². The number of nitrogens with zero attached hydrogens (tertiary/aromatic N) is 4. The van der Waals surface area contributed by atoms with Crippen molar-refractivity contribution in [2.45, 2.75) is 56.9 Å². The maximum Gasteiger partial charge on any atom is 0.262 e. The van der Waals surface area contributed by atoms with E-state index in [2.05, 4.69) is 4.98 Å². The fourth-order valence-corrected chi connectivity index (χ4v) is 8.32. The van der Waals surface area contributed by atoms with Crippen molar-refractivity contribution < 1.29 is 13.2 Å². The van der Waals surface area contributed by atoms with Crippen molar-refractivity contribution >= 4 is 15.9 Å². The number of aryl methyl sites for hydroxylation is 2. The molecule has 7 nitrogen and oxygen atoms in total. The average Bonchev–Trinajstić information content (AvgIpc) is 2.87. The number of carbonyl (C=O) groups is 1. The van der Waals surface area contributed by atoms with Gasteiger partial charge in [0.25, 0.3) is 10.0 Å². The molecule has 0 radical (unpaired) electrons. The quantitative estimate of drug-likeness (QED) is 0.751. The van der Waals surface area contributed by atoms with E-state index in [4.69, 9.17) is 0 Å². The van der Waals surface area contributed by atoms with Crippen LogP contribution in [0.5, 0.6) is 0 Å². The Bertz CT molecular complexity index is 868. The average molecular weight is 421 g/mol. The van der Waals surface area contributed by atoms with Crippen molar-refractivity contribution in [1.29, 1.82) is 0 Å². The molecule has 1 amide bonds. The Morgan fingerprint density at radius 3 is 2.21 bits per heavy atom. The van der Waals surface area contributed by atoms with Gasteiger partial charge in [-0.3, -0.25) is 4.79 Å². The van der Waals surface area contributed by atoms with Gasteiger partial charge in [-0.05, 0) is 69.6 Å². The summed E-state index contributed by atoms with van der Waals surface area (Å²) in [6.45, 7) is 3.76. The fraction of sp³-hybridized carbons (Fsp3) is 0.810. The Balaban J connectivity index is 1.31. The molecular formula is C21H32N4O3S. The molecule has 0 unspecified atom stereocenters. The minimum Gasteiger partial charge on any atom is -0.341 e. The predicted octanol–water partition coefficient (Wildman–Crippen LogP) is 2.17. The van der Waals surface area contributed by atoms with E-state index in [1.807, 2.05) is 4.90 Å². The monoisotopic (exact) mass is 420 g/mol. The number of amides is 1. The first kappa shape index (κ1) is 19.5. The molecule has 1 aromatic heterocycles. The van der Waals surface area contributed by atoms with E-state index in [1.54, 1.807) is 24.7 Å². The van der Waals surface area contributed by atoms with Crippen molar-refractivity contribution in [3.8, 4) is 0 Å². The van der Waals surface area contributed by atoms with Crippen molar-refractivity contribution in [3.63, 3.8) is 0 Å². The third-order valence-electron chi connectivity index (χ3n) is 7.92. The van der Waals surface area contributed by atoms with E-state index < -0.39 is 10.0 Å². The zero-order valence-corrected chi connectivity index (χ0v) is 18.3. The van der Waals surface area contributed by atoms with Gasteiger partial charge in [-0.25, -0.2) is 13.4 Å². The lowest BCUT2D eigenvalue weighted by Crippen LogP contribution is -2.55. The van der Waals surface area contributed by atoms with Crippen LogP contribution in [0, 0.1) is 30.1 Å². The molecule has 1 saturated heterocycles. The topological polar surface area (TPSA) is 75.5 Å². The Morgan fingerprint density at radius 1 is 1.03 bits per heavy atom. The zero-order chi connectivity index (χ0) is 20.4. The zero-order valence-electron chi connectivity index (χ0n) is 17.5. The Morgan fingerprint density at radius 2 is 1.66 bits per heavy atom. The second-order valence-corrected chi connectivity index (χ2v) is 11.9. The molecule has 1 aromatic rings. The highest BCUT2D eigenvalue weighted by Crippen LogP contribution is 2.60. The normalized spacial score (nSPS) is 35.1. The van der Waals surface area contributed by atoms with Gasteiger partial charge in [0.05, 0.1) is 5.41 Å². The van der Waals surface area contributed by atoms with Crippen LogP contribution in [0.4, 0.5) is 0 Å². The van der Waals surface area contributed by atoms with Crippen LogP contribution in [0.15, 0.2) is 11.2 Å². The van der Waals surface area contributed by atoms with Gasteiger partial charge in [0.15, 0.2) is 5.03 Å². The minimum absolute atomic E-state index is 0.110.